The fourth-order valence-corrected chi connectivity index (χ4v) is 2.40. The maximum Gasteiger partial charge on any atom is 0.416 e. The molecule has 1 rings (SSSR count). The van der Waals surface area contributed by atoms with Crippen LogP contribution in [-0.4, -0.2) is 12.6 Å². The minimum Gasteiger partial charge on any atom is -0.314 e. The van der Waals surface area contributed by atoms with Gasteiger partial charge in [0.25, 0.3) is 0 Å². The summed E-state index contributed by atoms with van der Waals surface area (Å²) in [5.74, 6) is 0.518. The Bertz CT molecular complexity index is 424. The van der Waals surface area contributed by atoms with E-state index in [-0.39, 0.29) is 0 Å². The first kappa shape index (κ1) is 17.0. The van der Waals surface area contributed by atoms with Gasteiger partial charge in [0.15, 0.2) is 0 Å². The van der Waals surface area contributed by atoms with Crippen LogP contribution in [0.3, 0.4) is 0 Å². The van der Waals surface area contributed by atoms with Gasteiger partial charge in [-0.05, 0) is 55.5 Å². The first-order valence-electron chi connectivity index (χ1n) is 7.15. The average Bonchev–Trinajstić information content (AvgIpc) is 2.34. The summed E-state index contributed by atoms with van der Waals surface area (Å²) in [7, 11) is 0. The van der Waals surface area contributed by atoms with E-state index in [0.717, 1.165) is 30.5 Å². The molecule has 114 valence electrons. The van der Waals surface area contributed by atoms with Crippen LogP contribution in [0.1, 0.15) is 43.9 Å². The average molecular weight is 287 g/mol. The first-order valence-corrected chi connectivity index (χ1v) is 7.15. The molecule has 0 heterocycles. The fraction of sp³-hybridized carbons (Fsp3) is 0.625. The number of benzene rings is 1. The van der Waals surface area contributed by atoms with E-state index in [1.807, 2.05) is 0 Å². The molecule has 0 saturated heterocycles. The second-order valence-corrected chi connectivity index (χ2v) is 5.59. The van der Waals surface area contributed by atoms with E-state index < -0.39 is 11.7 Å². The predicted octanol–water partition coefficient (Wildman–Crippen LogP) is 4.58. The number of aryl methyl sites for hydroxylation is 2. The van der Waals surface area contributed by atoms with Gasteiger partial charge >= 0.3 is 6.18 Å². The molecule has 0 amide bonds. The van der Waals surface area contributed by atoms with Gasteiger partial charge in [0.1, 0.15) is 0 Å². The van der Waals surface area contributed by atoms with E-state index >= 15 is 0 Å². The van der Waals surface area contributed by atoms with Gasteiger partial charge in [0, 0.05) is 6.04 Å². The molecule has 1 aromatic rings. The lowest BCUT2D eigenvalue weighted by atomic mass is 9.94. The number of nitrogens with one attached hydrogen (secondary N) is 1. The topological polar surface area (TPSA) is 12.0 Å². The van der Waals surface area contributed by atoms with Crippen LogP contribution in [0.2, 0.25) is 0 Å². The Labute approximate surface area is 119 Å². The van der Waals surface area contributed by atoms with Crippen LogP contribution in [-0.2, 0) is 12.6 Å². The van der Waals surface area contributed by atoms with Crippen molar-refractivity contribution in [3.05, 3.63) is 34.9 Å². The number of hydrogen-bond acceptors (Lipinski definition) is 1. The lowest BCUT2D eigenvalue weighted by Gasteiger charge is -2.22. The second-order valence-electron chi connectivity index (χ2n) is 5.59. The molecule has 1 unspecified atom stereocenters. The summed E-state index contributed by atoms with van der Waals surface area (Å²) >= 11 is 0. The van der Waals surface area contributed by atoms with Crippen molar-refractivity contribution in [2.24, 2.45) is 5.92 Å². The Morgan fingerprint density at radius 3 is 2.30 bits per heavy atom. The van der Waals surface area contributed by atoms with Crippen molar-refractivity contribution in [2.75, 3.05) is 6.54 Å². The van der Waals surface area contributed by atoms with Crippen molar-refractivity contribution in [2.45, 2.75) is 52.8 Å². The van der Waals surface area contributed by atoms with Crippen molar-refractivity contribution >= 4 is 0 Å². The standard InChI is InChI=1S/C16H24F3N/c1-5-20-15(11(2)3)9-7-13-6-8-14(10-12(13)4)16(17,18)19/h6,8,10-11,15,20H,5,7,9H2,1-4H3. The highest BCUT2D eigenvalue weighted by Crippen LogP contribution is 2.30. The zero-order chi connectivity index (χ0) is 15.3. The summed E-state index contributed by atoms with van der Waals surface area (Å²) in [6.07, 6.45) is -2.51. The summed E-state index contributed by atoms with van der Waals surface area (Å²) < 4.78 is 37.8. The van der Waals surface area contributed by atoms with Crippen LogP contribution >= 0.6 is 0 Å². The van der Waals surface area contributed by atoms with E-state index in [1.54, 1.807) is 13.0 Å². The number of hydrogen-bond donors (Lipinski definition) is 1. The highest BCUT2D eigenvalue weighted by Gasteiger charge is 2.30. The molecule has 1 atom stereocenters. The van der Waals surface area contributed by atoms with E-state index in [4.69, 9.17) is 0 Å². The molecule has 0 aliphatic heterocycles. The van der Waals surface area contributed by atoms with Crippen LogP contribution in [0.25, 0.3) is 0 Å². The minimum atomic E-state index is -4.26. The van der Waals surface area contributed by atoms with Crippen molar-refractivity contribution in [3.63, 3.8) is 0 Å². The summed E-state index contributed by atoms with van der Waals surface area (Å²) in [5, 5.41) is 3.43. The summed E-state index contributed by atoms with van der Waals surface area (Å²) in [5.41, 5.74) is 1.16. The van der Waals surface area contributed by atoms with Gasteiger partial charge in [0.05, 0.1) is 5.56 Å². The van der Waals surface area contributed by atoms with Gasteiger partial charge in [-0.25, -0.2) is 0 Å². The normalized spacial score (nSPS) is 13.8. The Balaban J connectivity index is 2.74. The molecular formula is C16H24F3N. The lowest BCUT2D eigenvalue weighted by molar-refractivity contribution is -0.137. The first-order chi connectivity index (χ1) is 9.25. The van der Waals surface area contributed by atoms with Crippen molar-refractivity contribution in [3.8, 4) is 0 Å². The molecule has 0 bridgehead atoms. The molecule has 0 aromatic heterocycles. The number of halogens is 3. The second kappa shape index (κ2) is 7.11. The van der Waals surface area contributed by atoms with Gasteiger partial charge in [-0.3, -0.25) is 0 Å². The highest BCUT2D eigenvalue weighted by molar-refractivity contribution is 5.32. The van der Waals surface area contributed by atoms with Crippen molar-refractivity contribution in [1.29, 1.82) is 0 Å². The number of alkyl halides is 3. The lowest BCUT2D eigenvalue weighted by Crippen LogP contribution is -2.34. The minimum absolute atomic E-state index is 0.404. The zero-order valence-corrected chi connectivity index (χ0v) is 12.6. The molecule has 0 saturated carbocycles. The Morgan fingerprint density at radius 1 is 1.20 bits per heavy atom. The van der Waals surface area contributed by atoms with Crippen molar-refractivity contribution < 1.29 is 13.2 Å². The summed E-state index contributed by atoms with van der Waals surface area (Å²) in [4.78, 5) is 0. The third-order valence-electron chi connectivity index (χ3n) is 3.67. The largest absolute Gasteiger partial charge is 0.416 e. The Hall–Kier alpha value is -1.03. The number of rotatable bonds is 6. The molecule has 1 aromatic carbocycles. The Morgan fingerprint density at radius 2 is 1.85 bits per heavy atom. The molecule has 1 N–H and O–H groups in total. The van der Waals surface area contributed by atoms with Crippen molar-refractivity contribution in [1.82, 2.24) is 5.32 Å². The van der Waals surface area contributed by atoms with E-state index in [1.165, 1.54) is 12.1 Å². The van der Waals surface area contributed by atoms with Gasteiger partial charge < -0.3 is 5.32 Å². The van der Waals surface area contributed by atoms with E-state index in [0.29, 0.717) is 12.0 Å². The third kappa shape index (κ3) is 4.82. The SMILES string of the molecule is CCNC(CCc1ccc(C(F)(F)F)cc1C)C(C)C. The van der Waals surface area contributed by atoms with Crippen LogP contribution in [0.5, 0.6) is 0 Å². The predicted molar refractivity (Wildman–Crippen MR) is 76.8 cm³/mol. The molecule has 0 spiro atoms. The summed E-state index contributed by atoms with van der Waals surface area (Å²) in [6.45, 7) is 9.05. The molecule has 0 aliphatic carbocycles. The van der Waals surface area contributed by atoms with Gasteiger partial charge in [0.2, 0.25) is 0 Å². The van der Waals surface area contributed by atoms with Crippen LogP contribution in [0.4, 0.5) is 13.2 Å². The van der Waals surface area contributed by atoms with Gasteiger partial charge in [-0.1, -0.05) is 26.8 Å². The van der Waals surface area contributed by atoms with Gasteiger partial charge in [-0.2, -0.15) is 13.2 Å². The van der Waals surface area contributed by atoms with Crippen LogP contribution in [0.15, 0.2) is 18.2 Å². The van der Waals surface area contributed by atoms with Crippen LogP contribution < -0.4 is 5.32 Å². The molecule has 0 aliphatic rings. The molecular weight excluding hydrogens is 263 g/mol. The maximum atomic E-state index is 12.6. The monoisotopic (exact) mass is 287 g/mol. The molecule has 4 heteroatoms. The highest BCUT2D eigenvalue weighted by atomic mass is 19.4. The third-order valence-corrected chi connectivity index (χ3v) is 3.67. The fourth-order valence-electron chi connectivity index (χ4n) is 2.40. The summed E-state index contributed by atoms with van der Waals surface area (Å²) in [6, 6.07) is 4.44. The maximum absolute atomic E-state index is 12.6. The zero-order valence-electron chi connectivity index (χ0n) is 12.6. The molecule has 0 radical (unpaired) electrons. The van der Waals surface area contributed by atoms with Gasteiger partial charge in [-0.15, -0.1) is 0 Å². The quantitative estimate of drug-likeness (QED) is 0.807. The Kier molecular flexibility index (Phi) is 6.06. The van der Waals surface area contributed by atoms with Crippen LogP contribution in [0, 0.1) is 12.8 Å². The molecule has 1 nitrogen and oxygen atoms in total. The van der Waals surface area contributed by atoms with E-state index in [2.05, 4.69) is 26.1 Å². The molecule has 0 fully saturated rings. The molecule has 20 heavy (non-hydrogen) atoms. The smallest absolute Gasteiger partial charge is 0.314 e. The van der Waals surface area contributed by atoms with E-state index in [9.17, 15) is 13.2 Å².